The molecule has 0 spiro atoms. The molecule has 5 rings (SSSR count). The van der Waals surface area contributed by atoms with Gasteiger partial charge < -0.3 is 4.57 Å². The molecule has 2 amide bonds. The number of carbonyl (C=O) groups excluding carboxylic acids is 2. The first kappa shape index (κ1) is 23.7. The molecule has 2 heterocycles. The quantitative estimate of drug-likeness (QED) is 0.243. The number of hydrogen-bond acceptors (Lipinski definition) is 3. The number of fused-ring (bicyclic) bond motifs is 1. The highest BCUT2D eigenvalue weighted by atomic mass is 35.5. The summed E-state index contributed by atoms with van der Waals surface area (Å²) in [5, 5.41) is 1.99. The molecular weight excluding hydrogens is 499 g/mol. The van der Waals surface area contributed by atoms with Crippen LogP contribution in [-0.2, 0) is 24.3 Å². The van der Waals surface area contributed by atoms with Crippen LogP contribution < -0.4 is 0 Å². The summed E-state index contributed by atoms with van der Waals surface area (Å²) in [6.45, 7) is 2.88. The summed E-state index contributed by atoms with van der Waals surface area (Å²) in [6, 6.07) is 21.2. The van der Waals surface area contributed by atoms with E-state index in [1.807, 2.05) is 60.8 Å². The zero-order valence-corrected chi connectivity index (χ0v) is 21.3. The molecule has 0 saturated carbocycles. The highest BCUT2D eigenvalue weighted by Crippen LogP contribution is 2.36. The number of hydrogen-bond donors (Lipinski definition) is 0. The van der Waals surface area contributed by atoms with E-state index in [2.05, 4.69) is 23.6 Å². The molecule has 1 aliphatic heterocycles. The van der Waals surface area contributed by atoms with Crippen molar-refractivity contribution >= 4 is 63.1 Å². The second-order valence-corrected chi connectivity index (χ2v) is 10.1. The van der Waals surface area contributed by atoms with Gasteiger partial charge in [-0.05, 0) is 53.1 Å². The summed E-state index contributed by atoms with van der Waals surface area (Å²) in [5.41, 5.74) is 4.97. The van der Waals surface area contributed by atoms with Crippen LogP contribution in [-0.4, -0.2) is 20.6 Å². The van der Waals surface area contributed by atoms with Crippen molar-refractivity contribution in [2.24, 2.45) is 0 Å². The SMILES string of the molecule is CCc1cccc2c(/C=C3\SC(=O)N(Cc4ccccc4Cl)C3=O)cn(Cc3ccccc3Cl)c12. The highest BCUT2D eigenvalue weighted by molar-refractivity contribution is 8.18. The molecule has 0 unspecified atom stereocenters. The van der Waals surface area contributed by atoms with Crippen LogP contribution in [0.25, 0.3) is 17.0 Å². The standard InChI is InChI=1S/C28H22Cl2N2O2S/c1-2-18-10-7-11-22-21(16-31(26(18)22)15-19-8-3-5-12-23(19)29)14-25-27(33)32(28(34)35-25)17-20-9-4-6-13-24(20)30/h3-14,16H,2,15,17H2,1H3/b25-14-. The Kier molecular flexibility index (Phi) is 6.74. The Morgan fingerprint density at radius 2 is 1.46 bits per heavy atom. The van der Waals surface area contributed by atoms with Crippen molar-refractivity contribution in [2.75, 3.05) is 0 Å². The molecule has 1 aromatic heterocycles. The molecule has 3 aromatic carbocycles. The number of para-hydroxylation sites is 1. The predicted octanol–water partition coefficient (Wildman–Crippen LogP) is 7.80. The van der Waals surface area contributed by atoms with Crippen molar-refractivity contribution in [3.8, 4) is 0 Å². The van der Waals surface area contributed by atoms with Gasteiger partial charge in [0, 0.05) is 33.7 Å². The maximum absolute atomic E-state index is 13.2. The molecule has 1 aliphatic rings. The van der Waals surface area contributed by atoms with Crippen molar-refractivity contribution in [1.82, 2.24) is 9.47 Å². The zero-order valence-electron chi connectivity index (χ0n) is 19.0. The number of nitrogens with zero attached hydrogens (tertiary/aromatic N) is 2. The number of imide groups is 1. The summed E-state index contributed by atoms with van der Waals surface area (Å²) >= 11 is 13.7. The number of thioether (sulfide) groups is 1. The van der Waals surface area contributed by atoms with E-state index in [1.165, 1.54) is 10.5 Å². The number of aromatic nitrogens is 1. The molecule has 0 aliphatic carbocycles. The van der Waals surface area contributed by atoms with Crippen LogP contribution in [0.5, 0.6) is 0 Å². The lowest BCUT2D eigenvalue weighted by Gasteiger charge is -2.13. The Labute approximate surface area is 218 Å². The van der Waals surface area contributed by atoms with Crippen molar-refractivity contribution in [2.45, 2.75) is 26.4 Å². The monoisotopic (exact) mass is 520 g/mol. The van der Waals surface area contributed by atoms with Gasteiger partial charge in [-0.25, -0.2) is 0 Å². The van der Waals surface area contributed by atoms with E-state index in [0.29, 0.717) is 21.5 Å². The summed E-state index contributed by atoms with van der Waals surface area (Å²) in [5.74, 6) is -0.307. The first-order chi connectivity index (χ1) is 17.0. The first-order valence-corrected chi connectivity index (χ1v) is 12.9. The Balaban J connectivity index is 1.53. The van der Waals surface area contributed by atoms with Crippen LogP contribution >= 0.6 is 35.0 Å². The van der Waals surface area contributed by atoms with E-state index in [9.17, 15) is 9.59 Å². The van der Waals surface area contributed by atoms with Gasteiger partial charge in [0.1, 0.15) is 0 Å². The fourth-order valence-corrected chi connectivity index (χ4v) is 5.60. The largest absolute Gasteiger partial charge is 0.342 e. The second kappa shape index (κ2) is 9.94. The molecule has 0 atom stereocenters. The predicted molar refractivity (Wildman–Crippen MR) is 145 cm³/mol. The number of carbonyl (C=O) groups is 2. The van der Waals surface area contributed by atoms with Crippen molar-refractivity contribution < 1.29 is 9.59 Å². The van der Waals surface area contributed by atoms with Crippen LogP contribution in [0.15, 0.2) is 77.8 Å². The Morgan fingerprint density at radius 1 is 0.829 bits per heavy atom. The lowest BCUT2D eigenvalue weighted by Crippen LogP contribution is -2.27. The fraction of sp³-hybridized carbons (Fsp3) is 0.143. The van der Waals surface area contributed by atoms with Gasteiger partial charge in [-0.3, -0.25) is 14.5 Å². The van der Waals surface area contributed by atoms with Crippen LogP contribution in [0.2, 0.25) is 10.0 Å². The maximum Gasteiger partial charge on any atom is 0.293 e. The molecule has 4 aromatic rings. The van der Waals surface area contributed by atoms with E-state index >= 15 is 0 Å². The van der Waals surface area contributed by atoms with E-state index < -0.39 is 0 Å². The number of benzene rings is 3. The second-order valence-electron chi connectivity index (χ2n) is 8.33. The lowest BCUT2D eigenvalue weighted by molar-refractivity contribution is -0.123. The molecule has 0 N–H and O–H groups in total. The molecular formula is C28H22Cl2N2O2S. The van der Waals surface area contributed by atoms with Gasteiger partial charge in [0.25, 0.3) is 11.1 Å². The third kappa shape index (κ3) is 4.64. The smallest absolute Gasteiger partial charge is 0.293 e. The fourth-order valence-electron chi connectivity index (χ4n) is 4.38. The van der Waals surface area contributed by atoms with Crippen LogP contribution in [0, 0.1) is 0 Å². The molecule has 0 radical (unpaired) electrons. The van der Waals surface area contributed by atoms with Crippen molar-refractivity contribution in [3.05, 3.63) is 110 Å². The Bertz CT molecular complexity index is 1490. The summed E-state index contributed by atoms with van der Waals surface area (Å²) < 4.78 is 2.18. The van der Waals surface area contributed by atoms with Crippen LogP contribution in [0.3, 0.4) is 0 Å². The number of rotatable bonds is 6. The van der Waals surface area contributed by atoms with Gasteiger partial charge in [0.05, 0.1) is 17.0 Å². The first-order valence-electron chi connectivity index (χ1n) is 11.3. The van der Waals surface area contributed by atoms with E-state index in [-0.39, 0.29) is 17.7 Å². The number of aryl methyl sites for hydroxylation is 1. The van der Waals surface area contributed by atoms with E-state index in [0.717, 1.165) is 45.8 Å². The van der Waals surface area contributed by atoms with Crippen molar-refractivity contribution in [1.29, 1.82) is 0 Å². The highest BCUT2D eigenvalue weighted by Gasteiger charge is 2.35. The molecule has 35 heavy (non-hydrogen) atoms. The summed E-state index contributed by atoms with van der Waals surface area (Å²) in [7, 11) is 0. The average Bonchev–Trinajstić information content (AvgIpc) is 3.33. The number of halogens is 2. The van der Waals surface area contributed by atoms with Crippen molar-refractivity contribution in [3.63, 3.8) is 0 Å². The molecule has 0 bridgehead atoms. The summed E-state index contributed by atoms with van der Waals surface area (Å²) in [4.78, 5) is 27.6. The van der Waals surface area contributed by atoms with Gasteiger partial charge in [0.2, 0.25) is 0 Å². The van der Waals surface area contributed by atoms with E-state index in [1.54, 1.807) is 6.07 Å². The lowest BCUT2D eigenvalue weighted by atomic mass is 10.1. The summed E-state index contributed by atoms with van der Waals surface area (Å²) in [6.07, 6.45) is 4.73. The van der Waals surface area contributed by atoms with Crippen LogP contribution in [0.4, 0.5) is 4.79 Å². The zero-order chi connectivity index (χ0) is 24.5. The molecule has 7 heteroatoms. The maximum atomic E-state index is 13.2. The molecule has 1 fully saturated rings. The van der Waals surface area contributed by atoms with Gasteiger partial charge in [0.15, 0.2) is 0 Å². The minimum Gasteiger partial charge on any atom is -0.342 e. The minimum atomic E-state index is -0.307. The Hall–Kier alpha value is -2.99. The van der Waals surface area contributed by atoms with E-state index in [4.69, 9.17) is 23.2 Å². The minimum absolute atomic E-state index is 0.149. The van der Waals surface area contributed by atoms with Gasteiger partial charge in [-0.15, -0.1) is 0 Å². The molecule has 176 valence electrons. The average molecular weight is 521 g/mol. The normalized spacial score (nSPS) is 15.1. The topological polar surface area (TPSA) is 42.3 Å². The molecule has 4 nitrogen and oxygen atoms in total. The Morgan fingerprint density at radius 3 is 2.11 bits per heavy atom. The molecule has 1 saturated heterocycles. The van der Waals surface area contributed by atoms with Crippen LogP contribution in [0.1, 0.15) is 29.2 Å². The van der Waals surface area contributed by atoms with Gasteiger partial charge in [-0.2, -0.15) is 0 Å². The third-order valence-electron chi connectivity index (χ3n) is 6.14. The number of amides is 2. The van der Waals surface area contributed by atoms with Gasteiger partial charge >= 0.3 is 0 Å². The van der Waals surface area contributed by atoms with Gasteiger partial charge in [-0.1, -0.05) is 84.7 Å². The third-order valence-corrected chi connectivity index (χ3v) is 7.78.